The summed E-state index contributed by atoms with van der Waals surface area (Å²) in [5.41, 5.74) is -1.46. The molecule has 0 aromatic heterocycles. The average molecular weight is 301 g/mol. The van der Waals surface area contributed by atoms with Crippen molar-refractivity contribution in [2.45, 2.75) is 38.8 Å². The van der Waals surface area contributed by atoms with Crippen LogP contribution in [0.2, 0.25) is 0 Å². The summed E-state index contributed by atoms with van der Waals surface area (Å²) in [5, 5.41) is 5.90. The van der Waals surface area contributed by atoms with Gasteiger partial charge in [0.15, 0.2) is 0 Å². The summed E-state index contributed by atoms with van der Waals surface area (Å²) in [6.45, 7) is 10.4. The van der Waals surface area contributed by atoms with E-state index in [-0.39, 0.29) is 12.5 Å². The third kappa shape index (κ3) is 5.17. The van der Waals surface area contributed by atoms with Gasteiger partial charge < -0.3 is 20.1 Å². The fourth-order valence-electron chi connectivity index (χ4n) is 2.25. The van der Waals surface area contributed by atoms with Crippen LogP contribution in [0.5, 0.6) is 0 Å². The molecule has 0 bridgehead atoms. The minimum atomic E-state index is -0.895. The maximum atomic E-state index is 12.2. The van der Waals surface area contributed by atoms with Crippen molar-refractivity contribution < 1.29 is 19.1 Å². The zero-order chi connectivity index (χ0) is 16.1. The van der Waals surface area contributed by atoms with E-state index < -0.39 is 17.2 Å². The quantitative estimate of drug-likeness (QED) is 0.729. The lowest BCUT2D eigenvalue weighted by molar-refractivity contribution is -0.154. The minimum absolute atomic E-state index is 0.147. The maximum absolute atomic E-state index is 12.2. The topological polar surface area (TPSA) is 79.9 Å². The van der Waals surface area contributed by atoms with Crippen LogP contribution in [0.1, 0.15) is 27.7 Å². The second-order valence-corrected chi connectivity index (χ2v) is 6.36. The largest absolute Gasteiger partial charge is 0.468 e. The van der Waals surface area contributed by atoms with E-state index in [4.69, 9.17) is 9.47 Å². The molecule has 0 aromatic carbocycles. The van der Waals surface area contributed by atoms with E-state index in [0.717, 1.165) is 26.2 Å². The monoisotopic (exact) mass is 301 g/mol. The Morgan fingerprint density at radius 2 is 1.76 bits per heavy atom. The molecule has 0 aliphatic carbocycles. The van der Waals surface area contributed by atoms with Crippen molar-refractivity contribution in [1.82, 2.24) is 15.5 Å². The number of piperazine rings is 1. The lowest BCUT2D eigenvalue weighted by Crippen LogP contribution is -2.63. The van der Waals surface area contributed by atoms with Crippen LogP contribution in [0.3, 0.4) is 0 Å². The molecule has 21 heavy (non-hydrogen) atoms. The number of rotatable bonds is 4. The Bertz CT molecular complexity index is 375. The zero-order valence-electron chi connectivity index (χ0n) is 13.6. The van der Waals surface area contributed by atoms with Crippen molar-refractivity contribution in [3.05, 3.63) is 0 Å². The van der Waals surface area contributed by atoms with Crippen molar-refractivity contribution in [3.8, 4) is 0 Å². The van der Waals surface area contributed by atoms with Gasteiger partial charge in [-0.3, -0.25) is 4.90 Å². The fourth-order valence-corrected chi connectivity index (χ4v) is 2.25. The number of esters is 1. The third-order valence-electron chi connectivity index (χ3n) is 3.42. The number of amides is 1. The molecular formula is C14H27N3O4. The Morgan fingerprint density at radius 1 is 1.19 bits per heavy atom. The van der Waals surface area contributed by atoms with Gasteiger partial charge in [0.05, 0.1) is 7.11 Å². The standard InChI is InChI=1S/C14H27N3O4/c1-13(2,3)21-12(19)16-10-14(4,11(18)20-5)17-8-6-15-7-9-17/h15H,6-10H2,1-5H3,(H,16,19)/t14-/m0/s1. The number of alkyl carbamates (subject to hydrolysis) is 1. The molecule has 7 nitrogen and oxygen atoms in total. The average Bonchev–Trinajstić information content (AvgIpc) is 2.43. The molecule has 0 aromatic rings. The van der Waals surface area contributed by atoms with Gasteiger partial charge in [-0.15, -0.1) is 0 Å². The number of hydrogen-bond acceptors (Lipinski definition) is 6. The highest BCUT2D eigenvalue weighted by atomic mass is 16.6. The highest BCUT2D eigenvalue weighted by molar-refractivity contribution is 5.81. The number of methoxy groups -OCH3 is 1. The zero-order valence-corrected chi connectivity index (χ0v) is 13.6. The molecule has 1 heterocycles. The van der Waals surface area contributed by atoms with Gasteiger partial charge in [0.1, 0.15) is 11.1 Å². The second-order valence-electron chi connectivity index (χ2n) is 6.36. The molecule has 1 fully saturated rings. The van der Waals surface area contributed by atoms with Crippen LogP contribution in [-0.4, -0.2) is 67.9 Å². The predicted octanol–water partition coefficient (Wildman–Crippen LogP) is 0.348. The summed E-state index contributed by atoms with van der Waals surface area (Å²) < 4.78 is 10.1. The van der Waals surface area contributed by atoms with E-state index in [2.05, 4.69) is 10.6 Å². The molecule has 1 atom stereocenters. The molecule has 1 aliphatic rings. The Morgan fingerprint density at radius 3 is 2.24 bits per heavy atom. The first-order valence-electron chi connectivity index (χ1n) is 7.20. The van der Waals surface area contributed by atoms with Crippen molar-refractivity contribution in [2.75, 3.05) is 39.8 Å². The van der Waals surface area contributed by atoms with Crippen molar-refractivity contribution >= 4 is 12.1 Å². The van der Waals surface area contributed by atoms with Crippen LogP contribution >= 0.6 is 0 Å². The minimum Gasteiger partial charge on any atom is -0.468 e. The first-order chi connectivity index (χ1) is 9.69. The predicted molar refractivity (Wildman–Crippen MR) is 79.1 cm³/mol. The highest BCUT2D eigenvalue weighted by Gasteiger charge is 2.41. The first kappa shape index (κ1) is 17.7. The van der Waals surface area contributed by atoms with Crippen molar-refractivity contribution in [3.63, 3.8) is 0 Å². The van der Waals surface area contributed by atoms with Crippen molar-refractivity contribution in [1.29, 1.82) is 0 Å². The molecule has 0 unspecified atom stereocenters. The summed E-state index contributed by atoms with van der Waals surface area (Å²) in [6, 6.07) is 0. The van der Waals surface area contributed by atoms with E-state index in [0.29, 0.717) is 0 Å². The number of hydrogen-bond donors (Lipinski definition) is 2. The van der Waals surface area contributed by atoms with Crippen molar-refractivity contribution in [2.24, 2.45) is 0 Å². The summed E-state index contributed by atoms with van der Waals surface area (Å²) >= 11 is 0. The van der Waals surface area contributed by atoms with Crippen LogP contribution in [0.15, 0.2) is 0 Å². The van der Waals surface area contributed by atoms with Gasteiger partial charge in [-0.25, -0.2) is 9.59 Å². The van der Waals surface area contributed by atoms with Crippen LogP contribution < -0.4 is 10.6 Å². The molecule has 1 rings (SSSR count). The van der Waals surface area contributed by atoms with Crippen LogP contribution in [0, 0.1) is 0 Å². The second kappa shape index (κ2) is 7.09. The number of nitrogens with one attached hydrogen (secondary N) is 2. The van der Waals surface area contributed by atoms with E-state index in [1.54, 1.807) is 27.7 Å². The Kier molecular flexibility index (Phi) is 5.98. The molecular weight excluding hydrogens is 274 g/mol. The SMILES string of the molecule is COC(=O)[C@](C)(CNC(=O)OC(C)(C)C)N1CCNCC1. The van der Waals surface area contributed by atoms with Crippen LogP contribution in [0.25, 0.3) is 0 Å². The number of nitrogens with zero attached hydrogens (tertiary/aromatic N) is 1. The summed E-state index contributed by atoms with van der Waals surface area (Å²) in [7, 11) is 1.36. The molecule has 1 saturated heterocycles. The van der Waals surface area contributed by atoms with Gasteiger partial charge in [0, 0.05) is 32.7 Å². The molecule has 0 spiro atoms. The van der Waals surface area contributed by atoms with Gasteiger partial charge in [-0.05, 0) is 27.7 Å². The van der Waals surface area contributed by atoms with Crippen LogP contribution in [-0.2, 0) is 14.3 Å². The molecule has 1 aliphatic heterocycles. The number of carbonyl (C=O) groups excluding carboxylic acids is 2. The van der Waals surface area contributed by atoms with Gasteiger partial charge in [-0.2, -0.15) is 0 Å². The molecule has 0 radical (unpaired) electrons. The highest BCUT2D eigenvalue weighted by Crippen LogP contribution is 2.17. The first-order valence-corrected chi connectivity index (χ1v) is 7.20. The third-order valence-corrected chi connectivity index (χ3v) is 3.42. The normalized spacial score (nSPS) is 19.5. The van der Waals surface area contributed by atoms with Gasteiger partial charge in [0.25, 0.3) is 0 Å². The lowest BCUT2D eigenvalue weighted by atomic mass is 9.99. The number of ether oxygens (including phenoxy) is 2. The summed E-state index contributed by atoms with van der Waals surface area (Å²) in [4.78, 5) is 26.0. The van der Waals surface area contributed by atoms with Gasteiger partial charge >= 0.3 is 12.1 Å². The molecule has 1 amide bonds. The summed E-state index contributed by atoms with van der Waals surface area (Å²) in [5.74, 6) is -0.361. The molecule has 122 valence electrons. The lowest BCUT2D eigenvalue weighted by Gasteiger charge is -2.41. The van der Waals surface area contributed by atoms with Gasteiger partial charge in [-0.1, -0.05) is 0 Å². The smallest absolute Gasteiger partial charge is 0.407 e. The van der Waals surface area contributed by atoms with Gasteiger partial charge in [0.2, 0.25) is 0 Å². The molecule has 7 heteroatoms. The van der Waals surface area contributed by atoms with E-state index in [1.807, 2.05) is 4.90 Å². The number of carbonyl (C=O) groups is 2. The Hall–Kier alpha value is -1.34. The van der Waals surface area contributed by atoms with E-state index in [1.165, 1.54) is 7.11 Å². The fraction of sp³-hybridized carbons (Fsp3) is 0.857. The molecule has 0 saturated carbocycles. The molecule has 2 N–H and O–H groups in total. The van der Waals surface area contributed by atoms with E-state index in [9.17, 15) is 9.59 Å². The maximum Gasteiger partial charge on any atom is 0.407 e. The Labute approximate surface area is 126 Å². The summed E-state index contributed by atoms with van der Waals surface area (Å²) in [6.07, 6.45) is -0.534. The van der Waals surface area contributed by atoms with Crippen LogP contribution in [0.4, 0.5) is 4.79 Å². The Balaban J connectivity index is 2.70. The van der Waals surface area contributed by atoms with E-state index >= 15 is 0 Å².